The number of thiazole rings is 1. The van der Waals surface area contributed by atoms with E-state index in [0.29, 0.717) is 4.88 Å². The highest BCUT2D eigenvalue weighted by Crippen LogP contribution is 2.24. The van der Waals surface area contributed by atoms with Crippen LogP contribution in [-0.4, -0.2) is 11.3 Å². The molecular formula is C11H9NOS. The Morgan fingerprint density at radius 1 is 1.43 bits per heavy atom. The molecule has 2 rings (SSSR count). The zero-order valence-electron chi connectivity index (χ0n) is 7.73. The largest absolute Gasteiger partial charge is 0.297 e. The van der Waals surface area contributed by atoms with E-state index >= 15 is 0 Å². The zero-order valence-corrected chi connectivity index (χ0v) is 8.54. The molecule has 0 saturated carbocycles. The Morgan fingerprint density at radius 2 is 2.29 bits per heavy atom. The normalized spacial score (nSPS) is 10.1. The van der Waals surface area contributed by atoms with E-state index in [-0.39, 0.29) is 0 Å². The molecule has 0 radical (unpaired) electrons. The monoisotopic (exact) mass is 203 g/mol. The van der Waals surface area contributed by atoms with Crippen molar-refractivity contribution in [1.82, 2.24) is 4.98 Å². The lowest BCUT2D eigenvalue weighted by Crippen LogP contribution is -1.76. The lowest BCUT2D eigenvalue weighted by Gasteiger charge is -1.96. The average Bonchev–Trinajstić information content (AvgIpc) is 2.66. The average molecular weight is 203 g/mol. The second-order valence-corrected chi connectivity index (χ2v) is 4.12. The number of aromatic nitrogens is 1. The van der Waals surface area contributed by atoms with Gasteiger partial charge in [-0.05, 0) is 13.0 Å². The predicted molar refractivity (Wildman–Crippen MR) is 57.7 cm³/mol. The highest BCUT2D eigenvalue weighted by Gasteiger charge is 2.03. The molecule has 1 aromatic carbocycles. The highest BCUT2D eigenvalue weighted by atomic mass is 32.1. The molecule has 0 aliphatic rings. The Hall–Kier alpha value is -1.48. The van der Waals surface area contributed by atoms with Crippen LogP contribution in [0.1, 0.15) is 15.2 Å². The van der Waals surface area contributed by atoms with Gasteiger partial charge in [0.25, 0.3) is 0 Å². The standard InChI is InChI=1S/C11H9NOS/c1-8-3-2-4-9(5-8)11-12-6-10(7-13)14-11/h2-7H,1H3. The van der Waals surface area contributed by atoms with Crippen LogP contribution in [0.15, 0.2) is 30.5 Å². The number of hydrogen-bond acceptors (Lipinski definition) is 3. The number of nitrogens with zero attached hydrogens (tertiary/aromatic N) is 1. The van der Waals surface area contributed by atoms with Gasteiger partial charge in [-0.2, -0.15) is 0 Å². The van der Waals surface area contributed by atoms with Gasteiger partial charge in [0.05, 0.1) is 4.88 Å². The molecule has 0 bridgehead atoms. The number of hydrogen-bond donors (Lipinski definition) is 0. The quantitative estimate of drug-likeness (QED) is 0.702. The zero-order chi connectivity index (χ0) is 9.97. The van der Waals surface area contributed by atoms with Gasteiger partial charge in [0.15, 0.2) is 6.29 Å². The second-order valence-electron chi connectivity index (χ2n) is 3.06. The van der Waals surface area contributed by atoms with Gasteiger partial charge in [0, 0.05) is 11.8 Å². The molecule has 0 N–H and O–H groups in total. The third-order valence-corrected chi connectivity index (χ3v) is 2.88. The van der Waals surface area contributed by atoms with Crippen molar-refractivity contribution in [3.8, 4) is 10.6 Å². The van der Waals surface area contributed by atoms with Crippen molar-refractivity contribution >= 4 is 17.6 Å². The van der Waals surface area contributed by atoms with Crippen LogP contribution < -0.4 is 0 Å². The fraction of sp³-hybridized carbons (Fsp3) is 0.0909. The Morgan fingerprint density at radius 3 is 2.93 bits per heavy atom. The van der Waals surface area contributed by atoms with Gasteiger partial charge in [-0.1, -0.05) is 23.8 Å². The third kappa shape index (κ3) is 1.72. The Labute approximate surface area is 86.2 Å². The van der Waals surface area contributed by atoms with Crippen molar-refractivity contribution in [2.75, 3.05) is 0 Å². The fourth-order valence-electron chi connectivity index (χ4n) is 1.25. The van der Waals surface area contributed by atoms with Gasteiger partial charge in [0.2, 0.25) is 0 Å². The summed E-state index contributed by atoms with van der Waals surface area (Å²) in [6.07, 6.45) is 2.44. The summed E-state index contributed by atoms with van der Waals surface area (Å²) in [6.45, 7) is 2.04. The highest BCUT2D eigenvalue weighted by molar-refractivity contribution is 7.16. The van der Waals surface area contributed by atoms with Crippen molar-refractivity contribution in [3.05, 3.63) is 40.9 Å². The second kappa shape index (κ2) is 3.72. The van der Waals surface area contributed by atoms with Crippen molar-refractivity contribution < 1.29 is 4.79 Å². The Balaban J connectivity index is 2.43. The van der Waals surface area contributed by atoms with Gasteiger partial charge in [0.1, 0.15) is 5.01 Å². The molecule has 0 unspecified atom stereocenters. The van der Waals surface area contributed by atoms with Crippen LogP contribution in [0, 0.1) is 6.92 Å². The molecule has 14 heavy (non-hydrogen) atoms. The summed E-state index contributed by atoms with van der Waals surface area (Å²) in [6, 6.07) is 8.10. The first-order valence-corrected chi connectivity index (χ1v) is 5.09. The van der Waals surface area contributed by atoms with E-state index in [1.807, 2.05) is 25.1 Å². The fourth-order valence-corrected chi connectivity index (χ4v) is 1.98. The van der Waals surface area contributed by atoms with Crippen LogP contribution in [0.3, 0.4) is 0 Å². The Bertz CT molecular complexity index is 462. The number of rotatable bonds is 2. The van der Waals surface area contributed by atoms with E-state index in [0.717, 1.165) is 16.9 Å². The van der Waals surface area contributed by atoms with Crippen LogP contribution in [0.4, 0.5) is 0 Å². The molecule has 2 aromatic rings. The molecule has 0 aliphatic carbocycles. The number of aryl methyl sites for hydroxylation is 1. The van der Waals surface area contributed by atoms with Gasteiger partial charge in [-0.25, -0.2) is 4.98 Å². The molecule has 1 aromatic heterocycles. The number of aldehydes is 1. The first-order chi connectivity index (χ1) is 6.79. The molecular weight excluding hydrogens is 194 g/mol. The third-order valence-electron chi connectivity index (χ3n) is 1.90. The Kier molecular flexibility index (Phi) is 2.41. The maximum atomic E-state index is 10.5. The summed E-state index contributed by atoms with van der Waals surface area (Å²) in [5.41, 5.74) is 2.27. The van der Waals surface area contributed by atoms with Gasteiger partial charge in [-0.3, -0.25) is 4.79 Å². The predicted octanol–water partition coefficient (Wildman–Crippen LogP) is 2.93. The smallest absolute Gasteiger partial charge is 0.161 e. The topological polar surface area (TPSA) is 30.0 Å². The maximum absolute atomic E-state index is 10.5. The molecule has 0 aliphatic heterocycles. The van der Waals surface area contributed by atoms with Gasteiger partial charge in [-0.15, -0.1) is 11.3 Å². The summed E-state index contributed by atoms with van der Waals surface area (Å²) in [7, 11) is 0. The molecule has 0 fully saturated rings. The summed E-state index contributed by atoms with van der Waals surface area (Å²) in [5, 5.41) is 0.899. The van der Waals surface area contributed by atoms with Crippen LogP contribution >= 0.6 is 11.3 Å². The molecule has 0 spiro atoms. The van der Waals surface area contributed by atoms with Crippen LogP contribution in [0.2, 0.25) is 0 Å². The first kappa shape index (κ1) is 9.09. The number of benzene rings is 1. The van der Waals surface area contributed by atoms with Crippen LogP contribution in [0.5, 0.6) is 0 Å². The number of carbonyl (C=O) groups is 1. The lowest BCUT2D eigenvalue weighted by atomic mass is 10.1. The van der Waals surface area contributed by atoms with E-state index in [1.54, 1.807) is 6.20 Å². The summed E-state index contributed by atoms with van der Waals surface area (Å²) in [5.74, 6) is 0. The first-order valence-electron chi connectivity index (χ1n) is 4.27. The minimum Gasteiger partial charge on any atom is -0.297 e. The maximum Gasteiger partial charge on any atom is 0.161 e. The molecule has 70 valence electrons. The SMILES string of the molecule is Cc1cccc(-c2ncc(C=O)s2)c1. The lowest BCUT2D eigenvalue weighted by molar-refractivity contribution is 0.112. The molecule has 1 heterocycles. The minimum atomic E-state index is 0.668. The van der Waals surface area contributed by atoms with Crippen LogP contribution in [0.25, 0.3) is 10.6 Å². The van der Waals surface area contributed by atoms with E-state index in [2.05, 4.69) is 11.1 Å². The van der Waals surface area contributed by atoms with Gasteiger partial charge < -0.3 is 0 Å². The van der Waals surface area contributed by atoms with E-state index in [1.165, 1.54) is 16.9 Å². The molecule has 3 heteroatoms. The van der Waals surface area contributed by atoms with E-state index < -0.39 is 0 Å². The summed E-state index contributed by atoms with van der Waals surface area (Å²) < 4.78 is 0. The molecule has 2 nitrogen and oxygen atoms in total. The summed E-state index contributed by atoms with van der Waals surface area (Å²) >= 11 is 1.42. The van der Waals surface area contributed by atoms with Gasteiger partial charge >= 0.3 is 0 Å². The molecule has 0 atom stereocenters. The number of carbonyl (C=O) groups excluding carboxylic acids is 1. The van der Waals surface area contributed by atoms with Crippen molar-refractivity contribution in [1.29, 1.82) is 0 Å². The van der Waals surface area contributed by atoms with Crippen molar-refractivity contribution in [2.45, 2.75) is 6.92 Å². The molecule has 0 amide bonds. The van der Waals surface area contributed by atoms with Crippen molar-refractivity contribution in [3.63, 3.8) is 0 Å². The van der Waals surface area contributed by atoms with E-state index in [9.17, 15) is 4.79 Å². The molecule has 0 saturated heterocycles. The minimum absolute atomic E-state index is 0.668. The van der Waals surface area contributed by atoms with Crippen molar-refractivity contribution in [2.24, 2.45) is 0 Å². The summed E-state index contributed by atoms with van der Waals surface area (Å²) in [4.78, 5) is 15.3. The van der Waals surface area contributed by atoms with Crippen LogP contribution in [-0.2, 0) is 0 Å². The van der Waals surface area contributed by atoms with E-state index in [4.69, 9.17) is 0 Å².